The molecule has 0 atom stereocenters. The van der Waals surface area contributed by atoms with Gasteiger partial charge in [0.05, 0.1) is 6.54 Å². The Kier molecular flexibility index (Phi) is 5.07. The lowest BCUT2D eigenvalue weighted by molar-refractivity contribution is 0.134. The average Bonchev–Trinajstić information content (AvgIpc) is 2.96. The van der Waals surface area contributed by atoms with Crippen LogP contribution >= 0.6 is 0 Å². The summed E-state index contributed by atoms with van der Waals surface area (Å²) in [5.41, 5.74) is 2.71. The number of fused-ring (bicyclic) bond motifs is 1. The Hall–Kier alpha value is -2.04. The zero-order valence-electron chi connectivity index (χ0n) is 14.8. The topological polar surface area (TPSA) is 58.4 Å². The lowest BCUT2D eigenvalue weighted by Gasteiger charge is -2.37. The number of hydrogen-bond donors (Lipinski definition) is 1. The predicted octanol–water partition coefficient (Wildman–Crippen LogP) is 4.39. The molecule has 130 valence electrons. The number of nitrogens with one attached hydrogen (secondary N) is 1. The van der Waals surface area contributed by atoms with Crippen molar-refractivity contribution in [2.24, 2.45) is 0 Å². The Bertz CT molecular complexity index is 702. The van der Waals surface area contributed by atoms with E-state index < -0.39 is 0 Å². The van der Waals surface area contributed by atoms with Gasteiger partial charge in [0, 0.05) is 17.5 Å². The molecule has 1 aliphatic carbocycles. The minimum Gasteiger partial charge on any atom is -0.356 e. The minimum atomic E-state index is 0.000651. The van der Waals surface area contributed by atoms with Crippen molar-refractivity contribution in [3.05, 3.63) is 29.5 Å². The zero-order chi connectivity index (χ0) is 17.1. The van der Waals surface area contributed by atoms with Gasteiger partial charge in [-0.1, -0.05) is 36.0 Å². The van der Waals surface area contributed by atoms with E-state index in [0.29, 0.717) is 12.6 Å². The first-order valence-electron chi connectivity index (χ1n) is 8.97. The van der Waals surface area contributed by atoms with Crippen molar-refractivity contribution in [3.63, 3.8) is 0 Å². The highest BCUT2D eigenvalue weighted by Crippen LogP contribution is 2.24. The summed E-state index contributed by atoms with van der Waals surface area (Å²) in [5, 5.41) is 8.13. The van der Waals surface area contributed by atoms with E-state index in [1.165, 1.54) is 19.3 Å². The lowest BCUT2D eigenvalue weighted by atomic mass is 9.93. The lowest BCUT2D eigenvalue weighted by Crippen LogP contribution is -2.50. The van der Waals surface area contributed by atoms with Crippen LogP contribution in [0.15, 0.2) is 22.7 Å². The molecule has 1 aliphatic rings. The number of benzene rings is 1. The van der Waals surface area contributed by atoms with Crippen LogP contribution in [0.2, 0.25) is 0 Å². The van der Waals surface area contributed by atoms with Gasteiger partial charge in [0.2, 0.25) is 0 Å². The van der Waals surface area contributed by atoms with Crippen LogP contribution in [0, 0.1) is 6.92 Å². The summed E-state index contributed by atoms with van der Waals surface area (Å²) >= 11 is 0. The van der Waals surface area contributed by atoms with Crippen molar-refractivity contribution in [2.75, 3.05) is 0 Å². The standard InChI is InChI=1S/C19H27N3O2/c1-13(2)22(15-7-5-4-6-8-15)19(23)20-12-17-16-11-14(3)9-10-18(16)24-21-17/h9-11,13,15H,4-8,12H2,1-3H3,(H,20,23). The fourth-order valence-electron chi connectivity index (χ4n) is 3.66. The minimum absolute atomic E-state index is 0.000651. The van der Waals surface area contributed by atoms with Crippen LogP contribution in [0.1, 0.15) is 57.2 Å². The third-order valence-electron chi connectivity index (χ3n) is 4.87. The molecule has 1 N–H and O–H groups in total. The highest BCUT2D eigenvalue weighted by Gasteiger charge is 2.27. The molecule has 0 bridgehead atoms. The Morgan fingerprint density at radius 2 is 2.08 bits per heavy atom. The molecule has 5 heteroatoms. The van der Waals surface area contributed by atoms with Gasteiger partial charge in [-0.05, 0) is 45.7 Å². The van der Waals surface area contributed by atoms with E-state index in [0.717, 1.165) is 35.1 Å². The molecule has 2 aromatic rings. The number of nitrogens with zero attached hydrogens (tertiary/aromatic N) is 2. The summed E-state index contributed by atoms with van der Waals surface area (Å²) in [6.45, 7) is 6.61. The average molecular weight is 329 g/mol. The van der Waals surface area contributed by atoms with E-state index >= 15 is 0 Å². The van der Waals surface area contributed by atoms with Crippen LogP contribution in [0.4, 0.5) is 4.79 Å². The molecular formula is C19H27N3O2. The zero-order valence-corrected chi connectivity index (χ0v) is 14.8. The van der Waals surface area contributed by atoms with E-state index in [1.54, 1.807) is 0 Å². The number of aromatic nitrogens is 1. The van der Waals surface area contributed by atoms with Crippen LogP contribution in [0.3, 0.4) is 0 Å². The van der Waals surface area contributed by atoms with Gasteiger partial charge in [0.1, 0.15) is 5.69 Å². The second-order valence-electron chi connectivity index (χ2n) is 7.08. The quantitative estimate of drug-likeness (QED) is 0.905. The Morgan fingerprint density at radius 3 is 2.79 bits per heavy atom. The van der Waals surface area contributed by atoms with E-state index in [4.69, 9.17) is 4.52 Å². The number of amides is 2. The number of urea groups is 1. The fourth-order valence-corrected chi connectivity index (χ4v) is 3.66. The molecule has 1 fully saturated rings. The normalized spacial score (nSPS) is 15.8. The van der Waals surface area contributed by atoms with E-state index in [1.807, 2.05) is 24.0 Å². The molecule has 1 heterocycles. The summed E-state index contributed by atoms with van der Waals surface area (Å²) in [6.07, 6.45) is 5.94. The first-order chi connectivity index (χ1) is 11.6. The van der Waals surface area contributed by atoms with Crippen molar-refractivity contribution in [1.82, 2.24) is 15.4 Å². The summed E-state index contributed by atoms with van der Waals surface area (Å²) in [5.74, 6) is 0. The van der Waals surface area contributed by atoms with Gasteiger partial charge in [0.25, 0.3) is 0 Å². The van der Waals surface area contributed by atoms with Gasteiger partial charge in [-0.15, -0.1) is 0 Å². The van der Waals surface area contributed by atoms with E-state index in [2.05, 4.69) is 30.4 Å². The van der Waals surface area contributed by atoms with Gasteiger partial charge in [-0.25, -0.2) is 4.79 Å². The second-order valence-corrected chi connectivity index (χ2v) is 7.08. The summed E-state index contributed by atoms with van der Waals surface area (Å²) < 4.78 is 5.35. The van der Waals surface area contributed by atoms with Gasteiger partial charge in [0.15, 0.2) is 5.58 Å². The molecule has 24 heavy (non-hydrogen) atoms. The molecule has 3 rings (SSSR count). The Morgan fingerprint density at radius 1 is 1.33 bits per heavy atom. The molecule has 1 aromatic heterocycles. The summed E-state index contributed by atoms with van der Waals surface area (Å²) in [4.78, 5) is 14.7. The predicted molar refractivity (Wildman–Crippen MR) is 94.8 cm³/mol. The van der Waals surface area contributed by atoms with Gasteiger partial charge in [-0.2, -0.15) is 0 Å². The van der Waals surface area contributed by atoms with Crippen LogP contribution in [0.5, 0.6) is 0 Å². The largest absolute Gasteiger partial charge is 0.356 e. The molecule has 1 saturated carbocycles. The molecule has 0 aliphatic heterocycles. The first-order valence-corrected chi connectivity index (χ1v) is 8.97. The molecule has 0 unspecified atom stereocenters. The second kappa shape index (κ2) is 7.24. The number of aryl methyl sites for hydroxylation is 1. The van der Waals surface area contributed by atoms with Gasteiger partial charge in [-0.3, -0.25) is 0 Å². The SMILES string of the molecule is Cc1ccc2onc(CNC(=O)N(C(C)C)C3CCCCC3)c2c1. The van der Waals surface area contributed by atoms with Crippen LogP contribution in [-0.2, 0) is 6.54 Å². The first kappa shape index (κ1) is 16.8. The molecule has 2 amide bonds. The van der Waals surface area contributed by atoms with E-state index in [9.17, 15) is 4.79 Å². The molecule has 0 radical (unpaired) electrons. The van der Waals surface area contributed by atoms with Crippen LogP contribution < -0.4 is 5.32 Å². The summed E-state index contributed by atoms with van der Waals surface area (Å²) in [6, 6.07) is 6.53. The summed E-state index contributed by atoms with van der Waals surface area (Å²) in [7, 11) is 0. The van der Waals surface area contributed by atoms with Crippen LogP contribution in [-0.4, -0.2) is 28.2 Å². The van der Waals surface area contributed by atoms with Crippen LogP contribution in [0.25, 0.3) is 11.0 Å². The van der Waals surface area contributed by atoms with Gasteiger partial charge < -0.3 is 14.7 Å². The third kappa shape index (κ3) is 3.55. The number of carbonyl (C=O) groups is 1. The van der Waals surface area contributed by atoms with Crippen molar-refractivity contribution in [1.29, 1.82) is 0 Å². The maximum absolute atomic E-state index is 12.7. The number of hydrogen-bond acceptors (Lipinski definition) is 3. The van der Waals surface area contributed by atoms with Gasteiger partial charge >= 0.3 is 6.03 Å². The highest BCUT2D eigenvalue weighted by molar-refractivity contribution is 5.81. The Balaban J connectivity index is 1.69. The maximum Gasteiger partial charge on any atom is 0.318 e. The Labute approximate surface area is 143 Å². The van der Waals surface area contributed by atoms with Crippen molar-refractivity contribution in [3.8, 4) is 0 Å². The number of carbonyl (C=O) groups excluding carboxylic acids is 1. The highest BCUT2D eigenvalue weighted by atomic mass is 16.5. The maximum atomic E-state index is 12.7. The van der Waals surface area contributed by atoms with Crippen molar-refractivity contribution in [2.45, 2.75) is 71.5 Å². The molecule has 0 spiro atoms. The smallest absolute Gasteiger partial charge is 0.318 e. The molecular weight excluding hydrogens is 302 g/mol. The monoisotopic (exact) mass is 329 g/mol. The van der Waals surface area contributed by atoms with Crippen molar-refractivity contribution < 1.29 is 9.32 Å². The molecule has 5 nitrogen and oxygen atoms in total. The third-order valence-corrected chi connectivity index (χ3v) is 4.87. The van der Waals surface area contributed by atoms with Crippen molar-refractivity contribution >= 4 is 17.0 Å². The number of rotatable bonds is 4. The molecule has 1 aromatic carbocycles. The molecule has 0 saturated heterocycles. The fraction of sp³-hybridized carbons (Fsp3) is 0.579. The van der Waals surface area contributed by atoms with E-state index in [-0.39, 0.29) is 12.1 Å².